The first-order valence-electron chi connectivity index (χ1n) is 8.73. The van der Waals surface area contributed by atoms with Gasteiger partial charge in [0.1, 0.15) is 23.4 Å². The zero-order chi connectivity index (χ0) is 17.4. The van der Waals surface area contributed by atoms with Crippen LogP contribution in [-0.4, -0.2) is 27.6 Å². The van der Waals surface area contributed by atoms with E-state index in [4.69, 9.17) is 4.98 Å². The number of nitrogens with zero attached hydrogens (tertiary/aromatic N) is 5. The van der Waals surface area contributed by atoms with Crippen LogP contribution < -0.4 is 4.90 Å². The van der Waals surface area contributed by atoms with Crippen molar-refractivity contribution in [1.82, 2.24) is 14.5 Å². The van der Waals surface area contributed by atoms with Crippen molar-refractivity contribution in [2.75, 3.05) is 18.0 Å². The number of benzene rings is 1. The number of hydrogen-bond donors (Lipinski definition) is 0. The monoisotopic (exact) mass is 331 g/mol. The Bertz CT molecular complexity index is 958. The van der Waals surface area contributed by atoms with Crippen LogP contribution in [0, 0.1) is 25.2 Å². The number of nitriles is 1. The van der Waals surface area contributed by atoms with E-state index in [9.17, 15) is 5.26 Å². The number of imidazole rings is 1. The van der Waals surface area contributed by atoms with Gasteiger partial charge in [0, 0.05) is 19.1 Å². The highest BCUT2D eigenvalue weighted by molar-refractivity contribution is 5.76. The molecule has 0 bridgehead atoms. The number of aromatic nitrogens is 3. The molecule has 0 spiro atoms. The lowest BCUT2D eigenvalue weighted by Gasteiger charge is -2.34. The quantitative estimate of drug-likeness (QED) is 0.717. The number of rotatable bonds is 2. The number of fused-ring (bicyclic) bond motifs is 1. The lowest BCUT2D eigenvalue weighted by atomic mass is 10.0. The minimum atomic E-state index is 0.463. The normalized spacial score (nSPS) is 15.5. The Kier molecular flexibility index (Phi) is 3.89. The molecule has 1 aromatic carbocycles. The maximum atomic E-state index is 9.20. The van der Waals surface area contributed by atoms with Crippen molar-refractivity contribution in [3.63, 3.8) is 0 Å². The summed E-state index contributed by atoms with van der Waals surface area (Å²) in [4.78, 5) is 11.5. The van der Waals surface area contributed by atoms with Crippen LogP contribution in [0.1, 0.15) is 36.0 Å². The van der Waals surface area contributed by atoms with E-state index in [2.05, 4.69) is 45.6 Å². The third-order valence-electron chi connectivity index (χ3n) is 5.11. The van der Waals surface area contributed by atoms with Crippen molar-refractivity contribution < 1.29 is 0 Å². The van der Waals surface area contributed by atoms with E-state index >= 15 is 0 Å². The van der Waals surface area contributed by atoms with Crippen LogP contribution in [-0.2, 0) is 0 Å². The maximum Gasteiger partial charge on any atom is 0.145 e. The second kappa shape index (κ2) is 6.21. The number of piperidine rings is 1. The molecule has 1 saturated heterocycles. The summed E-state index contributed by atoms with van der Waals surface area (Å²) in [5.41, 5.74) is 3.75. The molecule has 0 amide bonds. The molecule has 2 aromatic heterocycles. The van der Waals surface area contributed by atoms with Crippen LogP contribution in [0.5, 0.6) is 0 Å². The smallest absolute Gasteiger partial charge is 0.145 e. The van der Waals surface area contributed by atoms with E-state index < -0.39 is 0 Å². The van der Waals surface area contributed by atoms with Gasteiger partial charge in [-0.1, -0.05) is 18.2 Å². The lowest BCUT2D eigenvalue weighted by Crippen LogP contribution is -2.35. The summed E-state index contributed by atoms with van der Waals surface area (Å²) in [6, 6.07) is 15.0. The second-order valence-corrected chi connectivity index (χ2v) is 6.68. The Morgan fingerprint density at radius 2 is 1.80 bits per heavy atom. The van der Waals surface area contributed by atoms with Gasteiger partial charge < -0.3 is 9.47 Å². The first-order chi connectivity index (χ1) is 12.2. The van der Waals surface area contributed by atoms with Gasteiger partial charge in [-0.3, -0.25) is 0 Å². The topological polar surface area (TPSA) is 57.7 Å². The third kappa shape index (κ3) is 2.74. The van der Waals surface area contributed by atoms with Crippen LogP contribution in [0.4, 0.5) is 5.82 Å². The molecule has 0 radical (unpaired) electrons. The van der Waals surface area contributed by atoms with Gasteiger partial charge in [-0.15, -0.1) is 0 Å². The van der Waals surface area contributed by atoms with Crippen molar-refractivity contribution in [3.05, 3.63) is 53.5 Å². The molecule has 3 aromatic rings. The van der Waals surface area contributed by atoms with Crippen molar-refractivity contribution >= 4 is 16.9 Å². The first-order valence-corrected chi connectivity index (χ1v) is 8.73. The fourth-order valence-corrected chi connectivity index (χ4v) is 3.79. The molecule has 25 heavy (non-hydrogen) atoms. The molecule has 0 N–H and O–H groups in total. The van der Waals surface area contributed by atoms with Crippen LogP contribution >= 0.6 is 0 Å². The first kappa shape index (κ1) is 15.6. The number of anilines is 1. The van der Waals surface area contributed by atoms with E-state index in [0.717, 1.165) is 48.7 Å². The SMILES string of the molecule is Cc1ccc(N2CCC(n3c(C)nc4ccccc43)CC2)nc1C#N. The largest absolute Gasteiger partial charge is 0.356 e. The maximum absolute atomic E-state index is 9.20. The molecule has 5 nitrogen and oxygen atoms in total. The summed E-state index contributed by atoms with van der Waals surface area (Å²) >= 11 is 0. The van der Waals surface area contributed by atoms with Crippen molar-refractivity contribution in [1.29, 1.82) is 5.26 Å². The molecule has 126 valence electrons. The average molecular weight is 331 g/mol. The molecule has 1 aliphatic heterocycles. The average Bonchev–Trinajstić information content (AvgIpc) is 2.98. The summed E-state index contributed by atoms with van der Waals surface area (Å²) in [6.07, 6.45) is 2.11. The van der Waals surface area contributed by atoms with Crippen molar-refractivity contribution in [3.8, 4) is 6.07 Å². The van der Waals surface area contributed by atoms with Gasteiger partial charge >= 0.3 is 0 Å². The van der Waals surface area contributed by atoms with Gasteiger partial charge in [-0.05, 0) is 50.5 Å². The zero-order valence-corrected chi connectivity index (χ0v) is 14.6. The number of pyridine rings is 1. The summed E-state index contributed by atoms with van der Waals surface area (Å²) in [5.74, 6) is 1.99. The Labute approximate surface area is 147 Å². The predicted molar refractivity (Wildman–Crippen MR) is 98.6 cm³/mol. The van der Waals surface area contributed by atoms with Crippen LogP contribution in [0.3, 0.4) is 0 Å². The molecule has 5 heteroatoms. The lowest BCUT2D eigenvalue weighted by molar-refractivity contribution is 0.397. The fraction of sp³-hybridized carbons (Fsp3) is 0.350. The summed E-state index contributed by atoms with van der Waals surface area (Å²) in [5, 5.41) is 9.20. The van der Waals surface area contributed by atoms with Crippen molar-refractivity contribution in [2.24, 2.45) is 0 Å². The van der Waals surface area contributed by atoms with Crippen LogP contribution in [0.15, 0.2) is 36.4 Å². The highest BCUT2D eigenvalue weighted by atomic mass is 15.2. The molecule has 0 atom stereocenters. The molecular formula is C20H21N5. The Morgan fingerprint density at radius 3 is 2.56 bits per heavy atom. The Balaban J connectivity index is 1.55. The van der Waals surface area contributed by atoms with Crippen molar-refractivity contribution in [2.45, 2.75) is 32.7 Å². The molecule has 0 saturated carbocycles. The Morgan fingerprint density at radius 1 is 1.04 bits per heavy atom. The van der Waals surface area contributed by atoms with Crippen LogP contribution in [0.25, 0.3) is 11.0 Å². The molecule has 0 unspecified atom stereocenters. The number of hydrogen-bond acceptors (Lipinski definition) is 4. The van der Waals surface area contributed by atoms with Gasteiger partial charge in [0.2, 0.25) is 0 Å². The molecule has 0 aliphatic carbocycles. The summed E-state index contributed by atoms with van der Waals surface area (Å²) in [6.45, 7) is 5.90. The fourth-order valence-electron chi connectivity index (χ4n) is 3.79. The highest BCUT2D eigenvalue weighted by Crippen LogP contribution is 2.30. The molecule has 3 heterocycles. The van der Waals surface area contributed by atoms with Gasteiger partial charge in [-0.2, -0.15) is 5.26 Å². The number of aryl methyl sites for hydroxylation is 2. The third-order valence-corrected chi connectivity index (χ3v) is 5.11. The minimum Gasteiger partial charge on any atom is -0.356 e. The second-order valence-electron chi connectivity index (χ2n) is 6.68. The van der Waals surface area contributed by atoms with E-state index in [1.54, 1.807) is 0 Å². The summed E-state index contributed by atoms with van der Waals surface area (Å²) < 4.78 is 2.38. The summed E-state index contributed by atoms with van der Waals surface area (Å²) in [7, 11) is 0. The van der Waals surface area contributed by atoms with E-state index in [1.165, 1.54) is 5.52 Å². The predicted octanol–water partition coefficient (Wildman–Crippen LogP) is 3.76. The van der Waals surface area contributed by atoms with Gasteiger partial charge in [0.15, 0.2) is 0 Å². The number of para-hydroxylation sites is 2. The van der Waals surface area contributed by atoms with Crippen LogP contribution in [0.2, 0.25) is 0 Å². The molecule has 4 rings (SSSR count). The van der Waals surface area contributed by atoms with E-state index in [1.807, 2.05) is 25.1 Å². The van der Waals surface area contributed by atoms with Gasteiger partial charge in [-0.25, -0.2) is 9.97 Å². The molecule has 1 aliphatic rings. The van der Waals surface area contributed by atoms with Gasteiger partial charge in [0.25, 0.3) is 0 Å². The molecule has 1 fully saturated rings. The standard InChI is InChI=1S/C20H21N5/c1-14-7-8-20(23-18(14)13-21)24-11-9-16(10-12-24)25-15(2)22-17-5-3-4-6-19(17)25/h3-8,16H,9-12H2,1-2H3. The highest BCUT2D eigenvalue weighted by Gasteiger charge is 2.24. The van der Waals surface area contributed by atoms with Gasteiger partial charge in [0.05, 0.1) is 11.0 Å². The minimum absolute atomic E-state index is 0.463. The molecular weight excluding hydrogens is 310 g/mol. The van der Waals surface area contributed by atoms with E-state index in [-0.39, 0.29) is 0 Å². The zero-order valence-electron chi connectivity index (χ0n) is 14.6. The Hall–Kier alpha value is -2.87. The van der Waals surface area contributed by atoms with E-state index in [0.29, 0.717) is 11.7 Å².